The van der Waals surface area contributed by atoms with Crippen LogP contribution in [0.5, 0.6) is 0 Å². The van der Waals surface area contributed by atoms with Crippen molar-refractivity contribution in [3.8, 4) is 0 Å². The summed E-state index contributed by atoms with van der Waals surface area (Å²) < 4.78 is 37.3. The predicted molar refractivity (Wildman–Crippen MR) is 60.3 cm³/mol. The van der Waals surface area contributed by atoms with E-state index in [1.807, 2.05) is 13.8 Å². The molecular formula is C12H11F3OS. The standard InChI is InChI=1S/C12H11F3OS/c1-11(2)6-9(16)8-5-7(12(13,14)15)3-4-10(8)17-11/h3-5H,6H2,1-2H3. The molecule has 5 heteroatoms. The van der Waals surface area contributed by atoms with Gasteiger partial charge in [0.2, 0.25) is 0 Å². The minimum Gasteiger partial charge on any atom is -0.294 e. The van der Waals surface area contributed by atoms with Gasteiger partial charge in [0, 0.05) is 21.6 Å². The number of alkyl halides is 3. The van der Waals surface area contributed by atoms with Gasteiger partial charge in [-0.05, 0) is 32.0 Å². The number of thioether (sulfide) groups is 1. The SMILES string of the molecule is CC1(C)CC(=O)c2cc(C(F)(F)F)ccc2S1. The first-order valence-corrected chi connectivity index (χ1v) is 5.94. The Hall–Kier alpha value is -0.970. The van der Waals surface area contributed by atoms with E-state index in [0.29, 0.717) is 4.90 Å². The Morgan fingerprint density at radius 1 is 1.29 bits per heavy atom. The number of ketones is 1. The van der Waals surface area contributed by atoms with Crippen LogP contribution < -0.4 is 0 Å². The summed E-state index contributed by atoms with van der Waals surface area (Å²) in [5.74, 6) is -0.213. The van der Waals surface area contributed by atoms with E-state index in [-0.39, 0.29) is 22.5 Å². The maximum absolute atomic E-state index is 12.5. The van der Waals surface area contributed by atoms with Gasteiger partial charge in [0.1, 0.15) is 0 Å². The molecule has 1 aliphatic rings. The lowest BCUT2D eigenvalue weighted by Gasteiger charge is -2.29. The highest BCUT2D eigenvalue weighted by molar-refractivity contribution is 8.00. The number of carbonyl (C=O) groups excluding carboxylic acids is 1. The third-order valence-corrected chi connectivity index (χ3v) is 3.85. The summed E-state index contributed by atoms with van der Waals surface area (Å²) in [5, 5.41) is 0. The van der Waals surface area contributed by atoms with Crippen molar-refractivity contribution in [3.63, 3.8) is 0 Å². The van der Waals surface area contributed by atoms with Crippen LogP contribution in [0, 0.1) is 0 Å². The van der Waals surface area contributed by atoms with Crippen LogP contribution >= 0.6 is 11.8 Å². The van der Waals surface area contributed by atoms with Crippen LogP contribution in [-0.2, 0) is 6.18 Å². The van der Waals surface area contributed by atoms with Crippen molar-refractivity contribution >= 4 is 17.5 Å². The van der Waals surface area contributed by atoms with Crippen molar-refractivity contribution in [3.05, 3.63) is 29.3 Å². The first-order chi connectivity index (χ1) is 7.69. The molecule has 1 aromatic carbocycles. The third kappa shape index (κ3) is 2.49. The van der Waals surface area contributed by atoms with E-state index in [1.54, 1.807) is 0 Å². The van der Waals surface area contributed by atoms with Gasteiger partial charge in [0.25, 0.3) is 0 Å². The van der Waals surface area contributed by atoms with Gasteiger partial charge in [0.05, 0.1) is 5.56 Å². The zero-order valence-corrected chi connectivity index (χ0v) is 10.2. The van der Waals surface area contributed by atoms with Crippen LogP contribution in [0.4, 0.5) is 13.2 Å². The molecule has 0 saturated carbocycles. The van der Waals surface area contributed by atoms with Gasteiger partial charge < -0.3 is 0 Å². The van der Waals surface area contributed by atoms with E-state index in [4.69, 9.17) is 0 Å². The Labute approximate surface area is 101 Å². The number of hydrogen-bond acceptors (Lipinski definition) is 2. The third-order valence-electron chi connectivity index (χ3n) is 2.58. The zero-order valence-electron chi connectivity index (χ0n) is 9.39. The monoisotopic (exact) mass is 260 g/mol. The highest BCUT2D eigenvalue weighted by Crippen LogP contribution is 2.44. The van der Waals surface area contributed by atoms with Gasteiger partial charge >= 0.3 is 6.18 Å². The largest absolute Gasteiger partial charge is 0.416 e. The highest BCUT2D eigenvalue weighted by Gasteiger charge is 2.35. The quantitative estimate of drug-likeness (QED) is 0.696. The fraction of sp³-hybridized carbons (Fsp3) is 0.417. The molecular weight excluding hydrogens is 249 g/mol. The normalized spacial score (nSPS) is 19.0. The van der Waals surface area contributed by atoms with Crippen molar-refractivity contribution in [1.82, 2.24) is 0 Å². The molecule has 1 aromatic rings. The molecule has 0 N–H and O–H groups in total. The van der Waals surface area contributed by atoms with Gasteiger partial charge in [0.15, 0.2) is 5.78 Å². The molecule has 0 aromatic heterocycles. The van der Waals surface area contributed by atoms with Gasteiger partial charge in [-0.2, -0.15) is 13.2 Å². The number of benzene rings is 1. The second-order valence-electron chi connectivity index (χ2n) is 4.67. The Balaban J connectivity index is 2.48. The first kappa shape index (κ1) is 12.5. The van der Waals surface area contributed by atoms with Gasteiger partial charge in [-0.3, -0.25) is 4.79 Å². The van der Waals surface area contributed by atoms with Crippen LogP contribution in [0.3, 0.4) is 0 Å². The number of hydrogen-bond donors (Lipinski definition) is 0. The van der Waals surface area contributed by atoms with Crippen LogP contribution in [-0.4, -0.2) is 10.5 Å². The molecule has 0 unspecified atom stereocenters. The van der Waals surface area contributed by atoms with Crippen molar-refractivity contribution in [2.24, 2.45) is 0 Å². The summed E-state index contributed by atoms with van der Waals surface area (Å²) in [6.07, 6.45) is -4.13. The van der Waals surface area contributed by atoms with Gasteiger partial charge in [-0.1, -0.05) is 0 Å². The van der Waals surface area contributed by atoms with Gasteiger partial charge in [-0.15, -0.1) is 11.8 Å². The molecule has 1 nitrogen and oxygen atoms in total. The van der Waals surface area contributed by atoms with E-state index in [0.717, 1.165) is 12.1 Å². The molecule has 2 rings (SSSR count). The lowest BCUT2D eigenvalue weighted by atomic mass is 9.98. The summed E-state index contributed by atoms with van der Waals surface area (Å²) in [6, 6.07) is 3.38. The van der Waals surface area contributed by atoms with Crippen LogP contribution in [0.1, 0.15) is 36.2 Å². The van der Waals surface area contributed by atoms with E-state index in [9.17, 15) is 18.0 Å². The van der Waals surface area contributed by atoms with Crippen LogP contribution in [0.25, 0.3) is 0 Å². The Bertz CT molecular complexity index is 477. The lowest BCUT2D eigenvalue weighted by Crippen LogP contribution is -2.25. The molecule has 0 aliphatic carbocycles. The lowest BCUT2D eigenvalue weighted by molar-refractivity contribution is -0.137. The summed E-state index contributed by atoms with van der Waals surface area (Å²) in [7, 11) is 0. The molecule has 1 aliphatic heterocycles. The zero-order chi connectivity index (χ0) is 12.8. The number of Topliss-reactive ketones (excluding diaryl/α,β-unsaturated/α-hetero) is 1. The molecule has 0 radical (unpaired) electrons. The fourth-order valence-corrected chi connectivity index (χ4v) is 3.05. The Morgan fingerprint density at radius 2 is 1.94 bits per heavy atom. The summed E-state index contributed by atoms with van der Waals surface area (Å²) >= 11 is 1.45. The molecule has 0 fully saturated rings. The smallest absolute Gasteiger partial charge is 0.294 e. The second kappa shape index (κ2) is 3.77. The van der Waals surface area contributed by atoms with Crippen molar-refractivity contribution < 1.29 is 18.0 Å². The van der Waals surface area contributed by atoms with Crippen molar-refractivity contribution in [2.45, 2.75) is 36.1 Å². The van der Waals surface area contributed by atoms with E-state index in [1.165, 1.54) is 17.8 Å². The number of halogens is 3. The molecule has 92 valence electrons. The average Bonchev–Trinajstić information content (AvgIpc) is 2.13. The number of rotatable bonds is 0. The minimum absolute atomic E-state index is 0.198. The molecule has 1 heterocycles. The molecule has 0 amide bonds. The maximum Gasteiger partial charge on any atom is 0.416 e. The Kier molecular flexibility index (Phi) is 2.77. The topological polar surface area (TPSA) is 17.1 Å². The molecule has 0 spiro atoms. The minimum atomic E-state index is -4.40. The van der Waals surface area contributed by atoms with E-state index < -0.39 is 11.7 Å². The molecule has 0 saturated heterocycles. The molecule has 0 bridgehead atoms. The maximum atomic E-state index is 12.5. The highest BCUT2D eigenvalue weighted by atomic mass is 32.2. The molecule has 17 heavy (non-hydrogen) atoms. The van der Waals surface area contributed by atoms with Gasteiger partial charge in [-0.25, -0.2) is 0 Å². The molecule has 0 atom stereocenters. The number of fused-ring (bicyclic) bond motifs is 1. The van der Waals surface area contributed by atoms with Crippen molar-refractivity contribution in [1.29, 1.82) is 0 Å². The van der Waals surface area contributed by atoms with Crippen molar-refractivity contribution in [2.75, 3.05) is 0 Å². The van der Waals surface area contributed by atoms with E-state index >= 15 is 0 Å². The summed E-state index contributed by atoms with van der Waals surface area (Å²) in [4.78, 5) is 12.4. The summed E-state index contributed by atoms with van der Waals surface area (Å²) in [5.41, 5.74) is -0.561. The van der Waals surface area contributed by atoms with Crippen LogP contribution in [0.2, 0.25) is 0 Å². The summed E-state index contributed by atoms with van der Waals surface area (Å²) in [6.45, 7) is 3.83. The fourth-order valence-electron chi connectivity index (χ4n) is 1.83. The van der Waals surface area contributed by atoms with E-state index in [2.05, 4.69) is 0 Å². The average molecular weight is 260 g/mol. The van der Waals surface area contributed by atoms with Crippen LogP contribution in [0.15, 0.2) is 23.1 Å². The number of carbonyl (C=O) groups is 1. The first-order valence-electron chi connectivity index (χ1n) is 5.12. The Morgan fingerprint density at radius 3 is 2.53 bits per heavy atom. The second-order valence-corrected chi connectivity index (χ2v) is 6.42. The predicted octanol–water partition coefficient (Wildman–Crippen LogP) is 4.16.